The predicted octanol–water partition coefficient (Wildman–Crippen LogP) is 5.63. The second kappa shape index (κ2) is 10.8. The van der Waals surface area contributed by atoms with Crippen LogP contribution < -0.4 is 10.6 Å². The van der Waals surface area contributed by atoms with E-state index in [9.17, 15) is 14.0 Å². The van der Waals surface area contributed by atoms with Crippen LogP contribution in [0.4, 0.5) is 10.2 Å². The number of nitrogens with zero attached hydrogens (tertiary/aromatic N) is 4. The summed E-state index contributed by atoms with van der Waals surface area (Å²) in [4.78, 5) is 34.0. The van der Waals surface area contributed by atoms with Crippen molar-refractivity contribution in [2.24, 2.45) is 0 Å². The largest absolute Gasteiger partial charge is 0.354 e. The highest BCUT2D eigenvalue weighted by molar-refractivity contribution is 6.34. The van der Waals surface area contributed by atoms with Crippen LogP contribution in [0.3, 0.4) is 0 Å². The Morgan fingerprint density at radius 3 is 2.47 bits per heavy atom. The molecule has 0 bridgehead atoms. The molecule has 1 aromatic heterocycles. The van der Waals surface area contributed by atoms with Crippen LogP contribution in [0.25, 0.3) is 27.7 Å². The molecule has 1 aliphatic heterocycles. The van der Waals surface area contributed by atoms with Crippen LogP contribution in [0, 0.1) is 5.82 Å². The molecule has 1 amide bonds. The Kier molecular flexibility index (Phi) is 7.29. The number of hydrogen-bond acceptors (Lipinski definition) is 4. The molecule has 6 nitrogen and oxygen atoms in total. The molecule has 0 saturated carbocycles. The Balaban J connectivity index is 1.74. The van der Waals surface area contributed by atoms with Gasteiger partial charge < -0.3 is 9.80 Å². The molecule has 1 saturated heterocycles. The van der Waals surface area contributed by atoms with Gasteiger partial charge >= 0.3 is 5.69 Å². The van der Waals surface area contributed by atoms with E-state index in [0.29, 0.717) is 59.0 Å². The summed E-state index contributed by atoms with van der Waals surface area (Å²) < 4.78 is 16.4. The number of anilines is 1. The summed E-state index contributed by atoms with van der Waals surface area (Å²) in [6, 6.07) is 17.8. The third-order valence-corrected chi connectivity index (χ3v) is 7.25. The van der Waals surface area contributed by atoms with Crippen LogP contribution in [0.1, 0.15) is 18.9 Å². The summed E-state index contributed by atoms with van der Waals surface area (Å²) in [5, 5.41) is 1.04. The van der Waals surface area contributed by atoms with Crippen molar-refractivity contribution >= 4 is 34.2 Å². The molecule has 0 unspecified atom stereocenters. The van der Waals surface area contributed by atoms with Crippen molar-refractivity contribution in [1.82, 2.24) is 14.5 Å². The third kappa shape index (κ3) is 4.70. The summed E-state index contributed by atoms with van der Waals surface area (Å²) in [5.74, 6) is -0.0174. The molecular weight excluding hydrogens is 503 g/mol. The van der Waals surface area contributed by atoms with Crippen molar-refractivity contribution in [2.45, 2.75) is 19.8 Å². The number of amides is 1. The van der Waals surface area contributed by atoms with Crippen molar-refractivity contribution in [2.75, 3.05) is 31.1 Å². The lowest BCUT2D eigenvalue weighted by atomic mass is 10.0. The Labute approximate surface area is 225 Å². The number of para-hydroxylation sites is 1. The number of piperazine rings is 1. The van der Waals surface area contributed by atoms with Crippen LogP contribution >= 0.6 is 11.6 Å². The summed E-state index contributed by atoms with van der Waals surface area (Å²) in [5.41, 5.74) is 2.78. The number of halogens is 2. The molecule has 0 N–H and O–H groups in total. The van der Waals surface area contributed by atoms with Gasteiger partial charge in [0.1, 0.15) is 11.6 Å². The van der Waals surface area contributed by atoms with Crippen LogP contribution in [0.2, 0.25) is 5.02 Å². The normalized spacial score (nSPS) is 13.7. The van der Waals surface area contributed by atoms with E-state index in [1.54, 1.807) is 39.8 Å². The van der Waals surface area contributed by atoms with E-state index in [1.165, 1.54) is 12.1 Å². The zero-order valence-electron chi connectivity index (χ0n) is 21.2. The van der Waals surface area contributed by atoms with Gasteiger partial charge in [-0.1, -0.05) is 67.9 Å². The molecular formula is C30H28ClFN4O2. The fourth-order valence-corrected chi connectivity index (χ4v) is 5.33. The number of aryl methyl sites for hydroxylation is 1. The van der Waals surface area contributed by atoms with Gasteiger partial charge in [0.05, 0.1) is 11.2 Å². The maximum absolute atomic E-state index is 14.8. The smallest absolute Gasteiger partial charge is 0.352 e. The van der Waals surface area contributed by atoms with Crippen molar-refractivity contribution < 1.29 is 9.18 Å². The molecule has 0 aliphatic carbocycles. The number of hydrogen-bond donors (Lipinski definition) is 0. The molecule has 3 aromatic carbocycles. The Morgan fingerprint density at radius 2 is 1.76 bits per heavy atom. The van der Waals surface area contributed by atoms with Crippen molar-refractivity contribution in [3.05, 3.63) is 100 Å². The first-order valence-electron chi connectivity index (χ1n) is 12.7. The van der Waals surface area contributed by atoms with E-state index in [0.717, 1.165) is 24.1 Å². The highest BCUT2D eigenvalue weighted by atomic mass is 35.5. The molecule has 0 radical (unpaired) electrons. The van der Waals surface area contributed by atoms with Gasteiger partial charge in [0.2, 0.25) is 5.91 Å². The van der Waals surface area contributed by atoms with E-state index >= 15 is 0 Å². The number of aromatic nitrogens is 2. The van der Waals surface area contributed by atoms with Crippen LogP contribution in [-0.4, -0.2) is 46.5 Å². The summed E-state index contributed by atoms with van der Waals surface area (Å²) in [6.07, 6.45) is 3.01. The molecule has 4 aromatic rings. The molecule has 0 atom stereocenters. The molecule has 38 heavy (non-hydrogen) atoms. The quantitative estimate of drug-likeness (QED) is 0.303. The van der Waals surface area contributed by atoms with Crippen molar-refractivity contribution in [1.29, 1.82) is 0 Å². The lowest BCUT2D eigenvalue weighted by molar-refractivity contribution is -0.126. The average Bonchev–Trinajstić information content (AvgIpc) is 2.93. The summed E-state index contributed by atoms with van der Waals surface area (Å²) in [7, 11) is 0. The highest BCUT2D eigenvalue weighted by Crippen LogP contribution is 2.37. The van der Waals surface area contributed by atoms with E-state index in [4.69, 9.17) is 11.6 Å². The van der Waals surface area contributed by atoms with Gasteiger partial charge in [-0.2, -0.15) is 4.98 Å². The van der Waals surface area contributed by atoms with Gasteiger partial charge in [0, 0.05) is 47.7 Å². The molecule has 2 heterocycles. The fraction of sp³-hybridized carbons (Fsp3) is 0.233. The molecule has 5 rings (SSSR count). The molecule has 1 aliphatic rings. The van der Waals surface area contributed by atoms with Gasteiger partial charge in [-0.15, -0.1) is 0 Å². The zero-order valence-corrected chi connectivity index (χ0v) is 21.9. The van der Waals surface area contributed by atoms with Crippen LogP contribution in [0.5, 0.6) is 0 Å². The predicted molar refractivity (Wildman–Crippen MR) is 151 cm³/mol. The first-order valence-corrected chi connectivity index (χ1v) is 13.1. The Hall–Kier alpha value is -3.97. The second-order valence-electron chi connectivity index (χ2n) is 9.28. The Morgan fingerprint density at radius 1 is 1.05 bits per heavy atom. The summed E-state index contributed by atoms with van der Waals surface area (Å²) >= 11 is 6.76. The first-order chi connectivity index (χ1) is 18.4. The Bertz CT molecular complexity index is 1590. The van der Waals surface area contributed by atoms with E-state index in [2.05, 4.69) is 18.5 Å². The minimum absolute atomic E-state index is 0.122. The van der Waals surface area contributed by atoms with E-state index < -0.39 is 11.5 Å². The van der Waals surface area contributed by atoms with Crippen molar-refractivity contribution in [3.63, 3.8) is 0 Å². The minimum Gasteiger partial charge on any atom is -0.352 e. The van der Waals surface area contributed by atoms with Crippen molar-refractivity contribution in [3.8, 4) is 16.8 Å². The van der Waals surface area contributed by atoms with E-state index in [1.807, 2.05) is 29.2 Å². The topological polar surface area (TPSA) is 58.4 Å². The second-order valence-corrected chi connectivity index (χ2v) is 9.68. The maximum Gasteiger partial charge on any atom is 0.354 e. The SMILES string of the molecule is C=CC(=O)N1CCN(c2nc(=O)n(-c3ccccc3CCC)c3cc(-c4ccccc4F)c(Cl)cc23)CC1. The number of fused-ring (bicyclic) bond motifs is 1. The molecule has 8 heteroatoms. The number of carbonyl (C=O) groups is 1. The van der Waals surface area contributed by atoms with Crippen LogP contribution in [-0.2, 0) is 11.2 Å². The van der Waals surface area contributed by atoms with Gasteiger partial charge in [-0.25, -0.2) is 9.18 Å². The molecule has 0 spiro atoms. The summed E-state index contributed by atoms with van der Waals surface area (Å²) in [6.45, 7) is 7.64. The number of rotatable bonds is 6. The van der Waals surface area contributed by atoms with Gasteiger partial charge in [-0.05, 0) is 42.3 Å². The number of benzene rings is 3. The maximum atomic E-state index is 14.8. The highest BCUT2D eigenvalue weighted by Gasteiger charge is 2.25. The lowest BCUT2D eigenvalue weighted by Gasteiger charge is -2.35. The van der Waals surface area contributed by atoms with Gasteiger partial charge in [0.25, 0.3) is 0 Å². The average molecular weight is 531 g/mol. The third-order valence-electron chi connectivity index (χ3n) is 6.94. The van der Waals surface area contributed by atoms with E-state index in [-0.39, 0.29) is 5.91 Å². The first kappa shape index (κ1) is 25.7. The van der Waals surface area contributed by atoms with Gasteiger partial charge in [-0.3, -0.25) is 9.36 Å². The molecule has 1 fully saturated rings. The lowest BCUT2D eigenvalue weighted by Crippen LogP contribution is -2.49. The number of carbonyl (C=O) groups excluding carboxylic acids is 1. The minimum atomic E-state index is -0.428. The standard InChI is InChI=1S/C30H28ClFN4O2/c1-3-9-20-10-5-8-13-26(20)36-27-19-22(21-11-6-7-12-25(21)32)24(31)18-23(27)29(33-30(36)38)35-16-14-34(15-17-35)28(37)4-2/h4-8,10-13,18-19H,2-3,9,14-17H2,1H3. The molecule has 194 valence electrons. The zero-order chi connectivity index (χ0) is 26.8. The fourth-order valence-electron chi connectivity index (χ4n) is 5.07. The monoisotopic (exact) mass is 530 g/mol. The van der Waals surface area contributed by atoms with Crippen LogP contribution in [0.15, 0.2) is 78.1 Å². The van der Waals surface area contributed by atoms with Gasteiger partial charge in [0.15, 0.2) is 0 Å².